The number of carbonyl (C=O) groups excluding carboxylic acids is 1. The van der Waals surface area contributed by atoms with Crippen LogP contribution in [-0.4, -0.2) is 43.4 Å². The second-order valence-electron chi connectivity index (χ2n) is 5.36. The van der Waals surface area contributed by atoms with Gasteiger partial charge in [0.1, 0.15) is 0 Å². The van der Waals surface area contributed by atoms with Crippen LogP contribution in [0.4, 0.5) is 0 Å². The Bertz CT molecular complexity index is 601. The van der Waals surface area contributed by atoms with Crippen molar-refractivity contribution in [3.05, 3.63) is 48.0 Å². The maximum Gasteiger partial charge on any atom is 0.176 e. The van der Waals surface area contributed by atoms with Gasteiger partial charge in [-0.1, -0.05) is 36.4 Å². The Labute approximate surface area is 119 Å². The molecule has 2 aromatic rings. The van der Waals surface area contributed by atoms with Crippen molar-refractivity contribution in [3.8, 4) is 0 Å². The molecule has 1 heterocycles. The molecular formula is C17H20N2O. The molecule has 104 valence electrons. The Morgan fingerprint density at radius 3 is 2.80 bits per heavy atom. The third-order valence-corrected chi connectivity index (χ3v) is 3.87. The van der Waals surface area contributed by atoms with Gasteiger partial charge in [-0.2, -0.15) is 0 Å². The average molecular weight is 268 g/mol. The summed E-state index contributed by atoms with van der Waals surface area (Å²) < 4.78 is 0. The van der Waals surface area contributed by atoms with Crippen LogP contribution in [0, 0.1) is 0 Å². The fourth-order valence-corrected chi connectivity index (χ4v) is 2.72. The Kier molecular flexibility index (Phi) is 4.09. The quantitative estimate of drug-likeness (QED) is 0.867. The maximum absolute atomic E-state index is 12.4. The number of nitrogens with one attached hydrogen (secondary N) is 1. The number of Topliss-reactive ketones (excluding diaryl/α,β-unsaturated/α-hetero) is 1. The molecule has 0 saturated carbocycles. The summed E-state index contributed by atoms with van der Waals surface area (Å²) in [5, 5.41) is 5.68. The summed E-state index contributed by atoms with van der Waals surface area (Å²) in [6, 6.07) is 14.2. The van der Waals surface area contributed by atoms with Crippen LogP contribution < -0.4 is 5.32 Å². The van der Waals surface area contributed by atoms with Gasteiger partial charge in [0.25, 0.3) is 0 Å². The number of hydrogen-bond acceptors (Lipinski definition) is 3. The van der Waals surface area contributed by atoms with Crippen molar-refractivity contribution < 1.29 is 4.79 Å². The zero-order valence-corrected chi connectivity index (χ0v) is 11.6. The van der Waals surface area contributed by atoms with Crippen LogP contribution in [0.5, 0.6) is 0 Å². The predicted octanol–water partition coefficient (Wildman–Crippen LogP) is 2.32. The van der Waals surface area contributed by atoms with Gasteiger partial charge in [0.15, 0.2) is 5.78 Å². The van der Waals surface area contributed by atoms with Gasteiger partial charge in [0.2, 0.25) is 0 Å². The maximum atomic E-state index is 12.4. The number of nitrogens with zero attached hydrogens (tertiary/aromatic N) is 1. The van der Waals surface area contributed by atoms with Crippen LogP contribution in [0.15, 0.2) is 42.5 Å². The highest BCUT2D eigenvalue weighted by atomic mass is 16.1. The molecule has 1 aliphatic heterocycles. The van der Waals surface area contributed by atoms with E-state index in [0.29, 0.717) is 6.54 Å². The summed E-state index contributed by atoms with van der Waals surface area (Å²) in [7, 11) is 0. The van der Waals surface area contributed by atoms with Gasteiger partial charge in [0.05, 0.1) is 6.54 Å². The number of hydrogen-bond donors (Lipinski definition) is 1. The molecule has 2 aromatic carbocycles. The van der Waals surface area contributed by atoms with Crippen molar-refractivity contribution in [3.63, 3.8) is 0 Å². The third-order valence-electron chi connectivity index (χ3n) is 3.87. The van der Waals surface area contributed by atoms with E-state index in [1.807, 2.05) is 30.3 Å². The second-order valence-corrected chi connectivity index (χ2v) is 5.36. The van der Waals surface area contributed by atoms with Crippen LogP contribution in [0.3, 0.4) is 0 Å². The van der Waals surface area contributed by atoms with Crippen LogP contribution >= 0.6 is 0 Å². The lowest BCUT2D eigenvalue weighted by Gasteiger charge is -2.18. The summed E-state index contributed by atoms with van der Waals surface area (Å²) in [5.74, 6) is 0.220. The van der Waals surface area contributed by atoms with Gasteiger partial charge in [-0.15, -0.1) is 0 Å². The van der Waals surface area contributed by atoms with E-state index in [-0.39, 0.29) is 5.78 Å². The van der Waals surface area contributed by atoms with Crippen molar-refractivity contribution >= 4 is 16.6 Å². The second kappa shape index (κ2) is 6.16. The molecule has 3 nitrogen and oxygen atoms in total. The van der Waals surface area contributed by atoms with E-state index in [4.69, 9.17) is 0 Å². The molecule has 0 atom stereocenters. The molecule has 3 rings (SSSR count). The minimum atomic E-state index is 0.220. The summed E-state index contributed by atoms with van der Waals surface area (Å²) in [6.45, 7) is 4.53. The van der Waals surface area contributed by atoms with Gasteiger partial charge >= 0.3 is 0 Å². The lowest BCUT2D eigenvalue weighted by molar-refractivity contribution is 0.0935. The molecule has 0 radical (unpaired) electrons. The molecule has 0 bridgehead atoms. The largest absolute Gasteiger partial charge is 0.315 e. The molecule has 0 aliphatic carbocycles. The Balaban J connectivity index is 1.74. The first kappa shape index (κ1) is 13.3. The number of carbonyl (C=O) groups is 1. The number of rotatable bonds is 3. The van der Waals surface area contributed by atoms with Crippen LogP contribution in [-0.2, 0) is 0 Å². The van der Waals surface area contributed by atoms with E-state index < -0.39 is 0 Å². The molecule has 1 N–H and O–H groups in total. The van der Waals surface area contributed by atoms with Crippen molar-refractivity contribution in [2.24, 2.45) is 0 Å². The first-order chi connectivity index (χ1) is 9.83. The molecule has 0 spiro atoms. The summed E-state index contributed by atoms with van der Waals surface area (Å²) in [6.07, 6.45) is 1.12. The minimum absolute atomic E-state index is 0.220. The van der Waals surface area contributed by atoms with Crippen LogP contribution in [0.1, 0.15) is 16.8 Å². The van der Waals surface area contributed by atoms with Crippen molar-refractivity contribution in [1.29, 1.82) is 0 Å². The first-order valence-corrected chi connectivity index (χ1v) is 7.28. The van der Waals surface area contributed by atoms with Gasteiger partial charge in [-0.25, -0.2) is 0 Å². The summed E-state index contributed by atoms with van der Waals surface area (Å²) >= 11 is 0. The molecule has 3 heteroatoms. The van der Waals surface area contributed by atoms with E-state index in [1.165, 1.54) is 5.39 Å². The highest BCUT2D eigenvalue weighted by Gasteiger charge is 2.14. The molecule has 1 aliphatic rings. The monoisotopic (exact) mass is 268 g/mol. The van der Waals surface area contributed by atoms with Crippen molar-refractivity contribution in [2.45, 2.75) is 6.42 Å². The zero-order valence-electron chi connectivity index (χ0n) is 11.6. The third kappa shape index (κ3) is 3.06. The highest BCUT2D eigenvalue weighted by Crippen LogP contribution is 2.16. The van der Waals surface area contributed by atoms with Gasteiger partial charge in [-0.3, -0.25) is 9.69 Å². The average Bonchev–Trinajstić information content (AvgIpc) is 2.75. The Hall–Kier alpha value is -1.71. The number of fused-ring (bicyclic) bond motifs is 1. The standard InChI is InChI=1S/C17H20N2O/c20-17(13-19-10-3-8-18-9-11-19)16-7-6-14-4-1-2-5-15(14)12-16/h1-2,4-7,12,18H,3,8-11,13H2. The van der Waals surface area contributed by atoms with E-state index in [9.17, 15) is 4.79 Å². The predicted molar refractivity (Wildman–Crippen MR) is 82.2 cm³/mol. The van der Waals surface area contributed by atoms with Gasteiger partial charge in [0, 0.05) is 18.7 Å². The molecular weight excluding hydrogens is 248 g/mol. The van der Waals surface area contributed by atoms with Crippen LogP contribution in [0.25, 0.3) is 10.8 Å². The lowest BCUT2D eigenvalue weighted by atomic mass is 10.0. The topological polar surface area (TPSA) is 32.3 Å². The SMILES string of the molecule is O=C(CN1CCCNCC1)c1ccc2ccccc2c1. The normalized spacial score (nSPS) is 17.0. The van der Waals surface area contributed by atoms with Gasteiger partial charge in [-0.05, 0) is 36.3 Å². The highest BCUT2D eigenvalue weighted by molar-refractivity contribution is 6.01. The lowest BCUT2D eigenvalue weighted by Crippen LogP contribution is -2.33. The molecule has 20 heavy (non-hydrogen) atoms. The van der Waals surface area contributed by atoms with E-state index in [1.54, 1.807) is 0 Å². The fraction of sp³-hybridized carbons (Fsp3) is 0.353. The Morgan fingerprint density at radius 2 is 1.90 bits per heavy atom. The molecule has 1 saturated heterocycles. The molecule has 0 amide bonds. The van der Waals surface area contributed by atoms with E-state index in [2.05, 4.69) is 22.3 Å². The van der Waals surface area contributed by atoms with E-state index >= 15 is 0 Å². The zero-order chi connectivity index (χ0) is 13.8. The Morgan fingerprint density at radius 1 is 1.05 bits per heavy atom. The molecule has 0 unspecified atom stereocenters. The number of ketones is 1. The summed E-state index contributed by atoms with van der Waals surface area (Å²) in [4.78, 5) is 14.7. The van der Waals surface area contributed by atoms with Gasteiger partial charge < -0.3 is 5.32 Å². The minimum Gasteiger partial charge on any atom is -0.315 e. The molecule has 0 aromatic heterocycles. The number of benzene rings is 2. The summed E-state index contributed by atoms with van der Waals surface area (Å²) in [5.41, 5.74) is 0.820. The smallest absolute Gasteiger partial charge is 0.176 e. The van der Waals surface area contributed by atoms with E-state index in [0.717, 1.165) is 43.5 Å². The molecule has 1 fully saturated rings. The first-order valence-electron chi connectivity index (χ1n) is 7.28. The van der Waals surface area contributed by atoms with Crippen LogP contribution in [0.2, 0.25) is 0 Å². The van der Waals surface area contributed by atoms with Crippen molar-refractivity contribution in [2.75, 3.05) is 32.7 Å². The fourth-order valence-electron chi connectivity index (χ4n) is 2.72. The van der Waals surface area contributed by atoms with Crippen molar-refractivity contribution in [1.82, 2.24) is 10.2 Å².